The molecule has 3 heterocycles. The summed E-state index contributed by atoms with van der Waals surface area (Å²) in [5.74, 6) is -1.89. The third-order valence-corrected chi connectivity index (χ3v) is 5.82. The number of thioether (sulfide) groups is 1. The summed E-state index contributed by atoms with van der Waals surface area (Å²) in [6.07, 6.45) is 0.273. The molecule has 0 radical (unpaired) electrons. The summed E-state index contributed by atoms with van der Waals surface area (Å²) in [7, 11) is 1.28. The fraction of sp³-hybridized carbons (Fsp3) is 0.421. The van der Waals surface area contributed by atoms with E-state index in [4.69, 9.17) is 18.7 Å². The molecule has 166 valence electrons. The van der Waals surface area contributed by atoms with Gasteiger partial charge in [0.1, 0.15) is 24.2 Å². The second kappa shape index (κ2) is 9.25. The van der Waals surface area contributed by atoms with Gasteiger partial charge in [-0.15, -0.1) is 11.8 Å². The van der Waals surface area contributed by atoms with E-state index in [0.717, 1.165) is 0 Å². The molecular formula is C19H21N3O8S. The lowest BCUT2D eigenvalue weighted by Crippen LogP contribution is -2.71. The van der Waals surface area contributed by atoms with E-state index >= 15 is 0 Å². The number of nitrogens with one attached hydrogen (secondary N) is 1. The van der Waals surface area contributed by atoms with Crippen LogP contribution in [0.3, 0.4) is 0 Å². The first-order valence-electron chi connectivity index (χ1n) is 9.23. The van der Waals surface area contributed by atoms with Gasteiger partial charge in [0, 0.05) is 19.6 Å². The smallest absolute Gasteiger partial charge is 0.358 e. The van der Waals surface area contributed by atoms with Crippen molar-refractivity contribution >= 4 is 41.2 Å². The van der Waals surface area contributed by atoms with E-state index < -0.39 is 41.5 Å². The predicted molar refractivity (Wildman–Crippen MR) is 107 cm³/mol. The summed E-state index contributed by atoms with van der Waals surface area (Å²) in [6.45, 7) is 4.30. The first-order chi connectivity index (χ1) is 14.7. The van der Waals surface area contributed by atoms with Crippen molar-refractivity contribution in [2.24, 2.45) is 5.16 Å². The first kappa shape index (κ1) is 22.4. The Balaban J connectivity index is 1.72. The predicted octanol–water partition coefficient (Wildman–Crippen LogP) is 0.756. The van der Waals surface area contributed by atoms with Crippen molar-refractivity contribution in [2.45, 2.75) is 38.5 Å². The number of oxime groups is 1. The maximum atomic E-state index is 12.8. The molecule has 2 aliphatic rings. The molecule has 1 aromatic rings. The molecule has 0 spiro atoms. The van der Waals surface area contributed by atoms with E-state index in [2.05, 4.69) is 10.5 Å². The number of nitrogens with zero attached hydrogens (tertiary/aromatic N) is 2. The van der Waals surface area contributed by atoms with E-state index in [1.165, 1.54) is 49.9 Å². The molecule has 1 aromatic heterocycles. The molecule has 3 atom stereocenters. The fourth-order valence-electron chi connectivity index (χ4n) is 3.14. The number of hydrogen-bond acceptors (Lipinski definition) is 10. The number of ether oxygens (including phenoxy) is 2. The summed E-state index contributed by atoms with van der Waals surface area (Å²) in [4.78, 5) is 55.1. The molecule has 1 N–H and O–H groups in total. The molecule has 1 saturated heterocycles. The lowest BCUT2D eigenvalue weighted by molar-refractivity contribution is -0.182. The number of carbonyl (C=O) groups is 4. The lowest BCUT2D eigenvalue weighted by Gasteiger charge is -2.49. The number of carbonyl (C=O) groups excluding carboxylic acids is 4. The fourth-order valence-corrected chi connectivity index (χ4v) is 4.43. The van der Waals surface area contributed by atoms with Crippen molar-refractivity contribution in [1.29, 1.82) is 0 Å². The third-order valence-electron chi connectivity index (χ3n) is 4.40. The number of amides is 2. The van der Waals surface area contributed by atoms with Crippen molar-refractivity contribution in [3.63, 3.8) is 0 Å². The number of rotatable bonds is 7. The molecule has 1 unspecified atom stereocenters. The van der Waals surface area contributed by atoms with Gasteiger partial charge in [-0.25, -0.2) is 4.79 Å². The monoisotopic (exact) mass is 451 g/mol. The van der Waals surface area contributed by atoms with Gasteiger partial charge in [-0.2, -0.15) is 0 Å². The number of fused-ring (bicyclic) bond motifs is 1. The van der Waals surface area contributed by atoms with Gasteiger partial charge < -0.3 is 24.0 Å². The van der Waals surface area contributed by atoms with Crippen molar-refractivity contribution in [3.05, 3.63) is 35.4 Å². The Labute approximate surface area is 181 Å². The SMILES string of the molecule is CO/N=C(\C(=O)N[C@@H]1C(=O)N2C(C(=O)OC(C)OC(C)=O)=C(C)CS[C@H]12)c1ccco1. The molecule has 31 heavy (non-hydrogen) atoms. The van der Waals surface area contributed by atoms with Gasteiger partial charge in [0.25, 0.3) is 11.8 Å². The van der Waals surface area contributed by atoms with Crippen molar-refractivity contribution in [2.75, 3.05) is 12.9 Å². The quantitative estimate of drug-likeness (QED) is 0.209. The molecule has 2 aliphatic heterocycles. The zero-order chi connectivity index (χ0) is 22.7. The van der Waals surface area contributed by atoms with Crippen LogP contribution in [0.1, 0.15) is 26.5 Å². The minimum absolute atomic E-state index is 0.0788. The third kappa shape index (κ3) is 4.58. The summed E-state index contributed by atoms with van der Waals surface area (Å²) in [6, 6.07) is 2.24. The molecule has 3 rings (SSSR count). The Kier molecular flexibility index (Phi) is 6.68. The van der Waals surface area contributed by atoms with E-state index in [1.807, 2.05) is 0 Å². The zero-order valence-corrected chi connectivity index (χ0v) is 18.1. The van der Waals surface area contributed by atoms with Crippen LogP contribution in [0.5, 0.6) is 0 Å². The molecule has 2 amide bonds. The molecule has 0 saturated carbocycles. The van der Waals surface area contributed by atoms with Crippen LogP contribution >= 0.6 is 11.8 Å². The van der Waals surface area contributed by atoms with Gasteiger partial charge >= 0.3 is 11.9 Å². The Bertz CT molecular complexity index is 955. The highest BCUT2D eigenvalue weighted by Gasteiger charge is 2.54. The van der Waals surface area contributed by atoms with Gasteiger partial charge in [-0.3, -0.25) is 19.3 Å². The van der Waals surface area contributed by atoms with Crippen molar-refractivity contribution in [3.8, 4) is 0 Å². The van der Waals surface area contributed by atoms with E-state index in [-0.39, 0.29) is 17.2 Å². The standard InChI is InChI=1S/C19H21N3O8S/c1-9-8-31-18-14(20-16(24)13(21-27-4)12-6-5-7-28-12)17(25)22(18)15(9)19(26)30-11(3)29-10(2)23/h5-7,11,14,18H,8H2,1-4H3,(H,20,24)/b21-13-/t11?,14-,18-/m1/s1. The number of furan rings is 1. The highest BCUT2D eigenvalue weighted by molar-refractivity contribution is 8.00. The van der Waals surface area contributed by atoms with Crippen molar-refractivity contribution < 1.29 is 37.9 Å². The Morgan fingerprint density at radius 3 is 2.71 bits per heavy atom. The number of esters is 2. The van der Waals surface area contributed by atoms with Gasteiger partial charge in [-0.05, 0) is 24.6 Å². The van der Waals surface area contributed by atoms with Gasteiger partial charge in [0.05, 0.1) is 6.26 Å². The van der Waals surface area contributed by atoms with E-state index in [0.29, 0.717) is 11.3 Å². The maximum absolute atomic E-state index is 12.8. The molecule has 0 aromatic carbocycles. The van der Waals surface area contributed by atoms with E-state index in [1.54, 1.807) is 13.0 Å². The van der Waals surface area contributed by atoms with Gasteiger partial charge in [-0.1, -0.05) is 5.16 Å². The van der Waals surface area contributed by atoms with Gasteiger partial charge in [0.15, 0.2) is 5.76 Å². The Hall–Kier alpha value is -3.28. The highest BCUT2D eigenvalue weighted by Crippen LogP contribution is 2.40. The molecule has 0 bridgehead atoms. The largest absolute Gasteiger partial charge is 0.462 e. The topological polar surface area (TPSA) is 137 Å². The molecule has 0 aliphatic carbocycles. The number of β-lactam (4-membered cyclic amide) rings is 1. The zero-order valence-electron chi connectivity index (χ0n) is 17.2. The molecular weight excluding hydrogens is 430 g/mol. The van der Waals surface area contributed by atoms with Crippen LogP contribution < -0.4 is 5.32 Å². The number of hydrogen-bond donors (Lipinski definition) is 1. The first-order valence-corrected chi connectivity index (χ1v) is 10.3. The lowest BCUT2D eigenvalue weighted by atomic mass is 10.0. The van der Waals surface area contributed by atoms with Crippen LogP contribution in [0, 0.1) is 0 Å². The van der Waals surface area contributed by atoms with Crippen LogP contribution in [0.4, 0.5) is 0 Å². The second-order valence-electron chi connectivity index (χ2n) is 6.67. The Morgan fingerprint density at radius 1 is 1.35 bits per heavy atom. The molecule has 11 nitrogen and oxygen atoms in total. The van der Waals surface area contributed by atoms with E-state index in [9.17, 15) is 19.2 Å². The average molecular weight is 451 g/mol. The van der Waals surface area contributed by atoms with Crippen LogP contribution in [0.2, 0.25) is 0 Å². The molecule has 1 fully saturated rings. The second-order valence-corrected chi connectivity index (χ2v) is 7.78. The average Bonchev–Trinajstić information content (AvgIpc) is 3.23. The maximum Gasteiger partial charge on any atom is 0.358 e. The highest BCUT2D eigenvalue weighted by atomic mass is 32.2. The minimum Gasteiger partial charge on any atom is -0.462 e. The normalized spacial score (nSPS) is 21.6. The molecule has 12 heteroatoms. The summed E-state index contributed by atoms with van der Waals surface area (Å²) >= 11 is 1.39. The van der Waals surface area contributed by atoms with Crippen LogP contribution in [0.25, 0.3) is 0 Å². The summed E-state index contributed by atoms with van der Waals surface area (Å²) in [5, 5.41) is 5.78. The summed E-state index contributed by atoms with van der Waals surface area (Å²) < 4.78 is 15.1. The van der Waals surface area contributed by atoms with Crippen molar-refractivity contribution in [1.82, 2.24) is 10.2 Å². The minimum atomic E-state index is -1.11. The van der Waals surface area contributed by atoms with Crippen LogP contribution in [0.15, 0.2) is 39.2 Å². The van der Waals surface area contributed by atoms with Crippen LogP contribution in [-0.2, 0) is 33.5 Å². The summed E-state index contributed by atoms with van der Waals surface area (Å²) in [5.41, 5.74) is 0.591. The Morgan fingerprint density at radius 2 is 2.10 bits per heavy atom. The van der Waals surface area contributed by atoms with Crippen LogP contribution in [-0.4, -0.2) is 64.9 Å². The van der Waals surface area contributed by atoms with Gasteiger partial charge in [0.2, 0.25) is 12.0 Å².